The van der Waals surface area contributed by atoms with Gasteiger partial charge in [0.25, 0.3) is 6.43 Å². The van der Waals surface area contributed by atoms with E-state index >= 15 is 0 Å². The molecule has 1 N–H and O–H groups in total. The van der Waals surface area contributed by atoms with Crippen LogP contribution in [0.2, 0.25) is 0 Å². The maximum Gasteiger partial charge on any atom is 0.267 e. The molecular formula is C9H5F2N3O. The Morgan fingerprint density at radius 1 is 1.47 bits per heavy atom. The molecule has 0 amide bonds. The Labute approximate surface area is 84.0 Å². The first-order valence-electron chi connectivity index (χ1n) is 3.87. The third kappa shape index (κ3) is 2.00. The largest absolute Gasteiger partial charge is 0.506 e. The van der Waals surface area contributed by atoms with Gasteiger partial charge in [-0.1, -0.05) is 0 Å². The second kappa shape index (κ2) is 4.34. The molecule has 4 nitrogen and oxygen atoms in total. The Hall–Kier alpha value is -2.21. The summed E-state index contributed by atoms with van der Waals surface area (Å²) >= 11 is 0. The molecule has 1 heterocycles. The summed E-state index contributed by atoms with van der Waals surface area (Å²) < 4.78 is 25.0. The van der Waals surface area contributed by atoms with Crippen LogP contribution in [0.1, 0.15) is 23.2 Å². The first-order valence-corrected chi connectivity index (χ1v) is 3.87. The third-order valence-corrected chi connectivity index (χ3v) is 1.78. The molecule has 0 bridgehead atoms. The van der Waals surface area contributed by atoms with Crippen molar-refractivity contribution in [1.29, 1.82) is 10.5 Å². The highest BCUT2D eigenvalue weighted by Crippen LogP contribution is 2.32. The second-order valence-electron chi connectivity index (χ2n) is 2.63. The van der Waals surface area contributed by atoms with Crippen LogP contribution in [0.25, 0.3) is 0 Å². The summed E-state index contributed by atoms with van der Waals surface area (Å²) in [5, 5.41) is 26.2. The van der Waals surface area contributed by atoms with Crippen LogP contribution in [-0.2, 0) is 6.42 Å². The number of aromatic hydroxyl groups is 1. The van der Waals surface area contributed by atoms with Crippen LogP contribution in [-0.4, -0.2) is 10.1 Å². The predicted octanol–water partition coefficient (Wildman–Crippen LogP) is 1.66. The van der Waals surface area contributed by atoms with Gasteiger partial charge in [0.2, 0.25) is 0 Å². The highest BCUT2D eigenvalue weighted by Gasteiger charge is 2.21. The minimum atomic E-state index is -2.94. The van der Waals surface area contributed by atoms with E-state index in [0.717, 1.165) is 6.20 Å². The van der Waals surface area contributed by atoms with Gasteiger partial charge in [0.15, 0.2) is 0 Å². The summed E-state index contributed by atoms with van der Waals surface area (Å²) in [7, 11) is 0. The maximum atomic E-state index is 12.5. The number of halogens is 2. The molecule has 0 fully saturated rings. The summed E-state index contributed by atoms with van der Waals surface area (Å²) in [4.78, 5) is 3.46. The molecule has 6 heteroatoms. The number of aromatic nitrogens is 1. The molecule has 0 radical (unpaired) electrons. The lowest BCUT2D eigenvalue weighted by Gasteiger charge is -2.08. The SMILES string of the molecule is N#CCc1c(C#N)ncc(O)c1C(F)F. The van der Waals surface area contributed by atoms with Gasteiger partial charge in [-0.05, 0) is 0 Å². The molecular weight excluding hydrogens is 204 g/mol. The predicted molar refractivity (Wildman–Crippen MR) is 44.9 cm³/mol. The first-order chi connectivity index (χ1) is 7.11. The van der Waals surface area contributed by atoms with Crippen molar-refractivity contribution in [3.05, 3.63) is 23.0 Å². The fourth-order valence-corrected chi connectivity index (χ4v) is 1.15. The molecule has 0 unspecified atom stereocenters. The number of nitrogens with zero attached hydrogens (tertiary/aromatic N) is 3. The van der Waals surface area contributed by atoms with E-state index < -0.39 is 17.7 Å². The number of alkyl halides is 2. The molecule has 0 aliphatic heterocycles. The van der Waals surface area contributed by atoms with E-state index in [2.05, 4.69) is 4.98 Å². The molecule has 15 heavy (non-hydrogen) atoms. The normalized spacial score (nSPS) is 9.67. The van der Waals surface area contributed by atoms with Crippen molar-refractivity contribution in [2.45, 2.75) is 12.8 Å². The molecule has 1 aromatic rings. The number of hydrogen-bond donors (Lipinski definition) is 1. The molecule has 0 atom stereocenters. The van der Waals surface area contributed by atoms with Crippen LogP contribution in [0.3, 0.4) is 0 Å². The standard InChI is InChI=1S/C9H5F2N3O/c10-9(11)8-5(1-2-12)6(3-13)14-4-7(8)15/h4,9,15H,1H2. The van der Waals surface area contributed by atoms with E-state index in [9.17, 15) is 8.78 Å². The summed E-state index contributed by atoms with van der Waals surface area (Å²) in [5.74, 6) is -0.700. The summed E-state index contributed by atoms with van der Waals surface area (Å²) in [6, 6.07) is 3.24. The van der Waals surface area contributed by atoms with Crippen molar-refractivity contribution in [2.24, 2.45) is 0 Å². The molecule has 0 saturated carbocycles. The van der Waals surface area contributed by atoms with E-state index in [4.69, 9.17) is 15.6 Å². The zero-order valence-electron chi connectivity index (χ0n) is 7.41. The van der Waals surface area contributed by atoms with Gasteiger partial charge in [-0.2, -0.15) is 10.5 Å². The minimum Gasteiger partial charge on any atom is -0.506 e. The van der Waals surface area contributed by atoms with Gasteiger partial charge in [-0.3, -0.25) is 0 Å². The quantitative estimate of drug-likeness (QED) is 0.803. The first kappa shape index (κ1) is 10.9. The van der Waals surface area contributed by atoms with Crippen LogP contribution in [0, 0.1) is 22.7 Å². The highest BCUT2D eigenvalue weighted by molar-refractivity contribution is 5.46. The lowest BCUT2D eigenvalue weighted by molar-refractivity contribution is 0.146. The molecule has 1 aromatic heterocycles. The molecule has 0 aliphatic rings. The van der Waals surface area contributed by atoms with Crippen molar-refractivity contribution >= 4 is 0 Å². The zero-order valence-corrected chi connectivity index (χ0v) is 7.41. The second-order valence-corrected chi connectivity index (χ2v) is 2.63. The lowest BCUT2D eigenvalue weighted by atomic mass is 10.0. The third-order valence-electron chi connectivity index (χ3n) is 1.78. The number of nitriles is 2. The van der Waals surface area contributed by atoms with Crippen molar-refractivity contribution in [2.75, 3.05) is 0 Å². The monoisotopic (exact) mass is 209 g/mol. The van der Waals surface area contributed by atoms with Gasteiger partial charge in [0.1, 0.15) is 17.5 Å². The Kier molecular flexibility index (Phi) is 3.14. The maximum absolute atomic E-state index is 12.5. The number of hydrogen-bond acceptors (Lipinski definition) is 4. The van der Waals surface area contributed by atoms with E-state index in [-0.39, 0.29) is 17.7 Å². The average molecular weight is 209 g/mol. The lowest BCUT2D eigenvalue weighted by Crippen LogP contribution is -2.01. The van der Waals surface area contributed by atoms with E-state index in [1.165, 1.54) is 0 Å². The Balaban J connectivity index is 3.47. The fourth-order valence-electron chi connectivity index (χ4n) is 1.15. The summed E-state index contributed by atoms with van der Waals surface area (Å²) in [6.07, 6.45) is -2.55. The molecule has 0 saturated heterocycles. The van der Waals surface area contributed by atoms with Crippen LogP contribution in [0.4, 0.5) is 8.78 Å². The average Bonchev–Trinajstić information content (AvgIpc) is 2.18. The van der Waals surface area contributed by atoms with Crippen LogP contribution in [0.5, 0.6) is 5.75 Å². The molecule has 0 aromatic carbocycles. The number of rotatable bonds is 2. The Morgan fingerprint density at radius 3 is 2.60 bits per heavy atom. The Bertz CT molecular complexity index is 460. The highest BCUT2D eigenvalue weighted by atomic mass is 19.3. The van der Waals surface area contributed by atoms with Gasteiger partial charge in [-0.25, -0.2) is 13.8 Å². The minimum absolute atomic E-state index is 0.213. The topological polar surface area (TPSA) is 80.7 Å². The molecule has 76 valence electrons. The number of pyridine rings is 1. The van der Waals surface area contributed by atoms with Crippen molar-refractivity contribution < 1.29 is 13.9 Å². The van der Waals surface area contributed by atoms with Crippen molar-refractivity contribution in [3.63, 3.8) is 0 Å². The van der Waals surface area contributed by atoms with Gasteiger partial charge in [-0.15, -0.1) is 0 Å². The molecule has 0 spiro atoms. The van der Waals surface area contributed by atoms with E-state index in [0.29, 0.717) is 0 Å². The van der Waals surface area contributed by atoms with Gasteiger partial charge in [0, 0.05) is 5.56 Å². The van der Waals surface area contributed by atoms with Crippen LogP contribution < -0.4 is 0 Å². The van der Waals surface area contributed by atoms with Gasteiger partial charge < -0.3 is 5.11 Å². The van der Waals surface area contributed by atoms with Gasteiger partial charge >= 0.3 is 0 Å². The van der Waals surface area contributed by atoms with Crippen molar-refractivity contribution in [3.8, 4) is 17.9 Å². The zero-order chi connectivity index (χ0) is 11.4. The summed E-state index contributed by atoms with van der Waals surface area (Å²) in [6.45, 7) is 0. The molecule has 0 aliphatic carbocycles. The van der Waals surface area contributed by atoms with Crippen molar-refractivity contribution in [1.82, 2.24) is 4.98 Å². The summed E-state index contributed by atoms with van der Waals surface area (Å²) in [5.41, 5.74) is -1.16. The van der Waals surface area contributed by atoms with E-state index in [1.807, 2.05) is 0 Å². The Morgan fingerprint density at radius 2 is 2.13 bits per heavy atom. The van der Waals surface area contributed by atoms with E-state index in [1.54, 1.807) is 12.1 Å². The van der Waals surface area contributed by atoms with Crippen LogP contribution >= 0.6 is 0 Å². The molecule has 1 rings (SSSR count). The van der Waals surface area contributed by atoms with Gasteiger partial charge in [0.05, 0.1) is 24.3 Å². The smallest absolute Gasteiger partial charge is 0.267 e. The van der Waals surface area contributed by atoms with Crippen LogP contribution in [0.15, 0.2) is 6.20 Å². The fraction of sp³-hybridized carbons (Fsp3) is 0.222.